The molecule has 1 aromatic rings. The molecule has 0 fully saturated rings. The van der Waals surface area contributed by atoms with Gasteiger partial charge in [0.1, 0.15) is 0 Å². The first-order valence-electron chi connectivity index (χ1n) is 5.71. The first kappa shape index (κ1) is 15.7. The first-order valence-corrected chi connectivity index (χ1v) is 6.53. The summed E-state index contributed by atoms with van der Waals surface area (Å²) >= 11 is 1.11. The zero-order valence-corrected chi connectivity index (χ0v) is 12.2. The molecule has 2 N–H and O–H groups in total. The number of carbonyl (C=O) groups excluding carboxylic acids is 1. The Morgan fingerprint density at radius 3 is 2.32 bits per heavy atom. The third kappa shape index (κ3) is 4.34. The van der Waals surface area contributed by atoms with Crippen LogP contribution in [0.5, 0.6) is 0 Å². The quantitative estimate of drug-likeness (QED) is 0.702. The molecule has 0 radical (unpaired) electrons. The van der Waals surface area contributed by atoms with E-state index >= 15 is 0 Å². The van der Waals surface area contributed by atoms with Gasteiger partial charge in [-0.15, -0.1) is 0 Å². The largest absolute Gasteiger partial charge is 0.465 e. The molecule has 0 atom stereocenters. The third-order valence-electron chi connectivity index (χ3n) is 2.43. The second kappa shape index (κ2) is 7.93. The van der Waals surface area contributed by atoms with Crippen LogP contribution in [-0.2, 0) is 14.2 Å². The fraction of sp³-hybridized carbons (Fsp3) is 0.636. The molecule has 1 rings (SSSR count). The normalized spacial score (nSPS) is 10.5. The Morgan fingerprint density at radius 1 is 1.26 bits per heavy atom. The van der Waals surface area contributed by atoms with Gasteiger partial charge in [-0.3, -0.25) is 0 Å². The average Bonchev–Trinajstić information content (AvgIpc) is 2.80. The zero-order chi connectivity index (χ0) is 14.3. The molecule has 19 heavy (non-hydrogen) atoms. The molecule has 0 unspecified atom stereocenters. The summed E-state index contributed by atoms with van der Waals surface area (Å²) in [6.45, 7) is 2.21. The Morgan fingerprint density at radius 2 is 1.84 bits per heavy atom. The van der Waals surface area contributed by atoms with Crippen LogP contribution in [0.4, 0.5) is 10.9 Å². The van der Waals surface area contributed by atoms with Crippen LogP contribution in [0, 0.1) is 0 Å². The monoisotopic (exact) mass is 289 g/mol. The number of esters is 1. The number of aromatic nitrogens is 1. The fourth-order valence-electron chi connectivity index (χ4n) is 1.49. The van der Waals surface area contributed by atoms with E-state index < -0.39 is 5.97 Å². The van der Waals surface area contributed by atoms with E-state index in [4.69, 9.17) is 19.9 Å². The van der Waals surface area contributed by atoms with Crippen molar-refractivity contribution in [1.82, 2.24) is 4.98 Å². The number of nitrogen functional groups attached to an aromatic ring is 1. The van der Waals surface area contributed by atoms with Crippen molar-refractivity contribution in [3.63, 3.8) is 0 Å². The highest BCUT2D eigenvalue weighted by atomic mass is 32.1. The minimum Gasteiger partial charge on any atom is -0.465 e. The molecule has 0 aliphatic carbocycles. The van der Waals surface area contributed by atoms with Crippen molar-refractivity contribution in [3.05, 3.63) is 4.88 Å². The van der Waals surface area contributed by atoms with Crippen LogP contribution in [0.2, 0.25) is 0 Å². The Balaban J connectivity index is 2.95. The Hall–Kier alpha value is -1.38. The van der Waals surface area contributed by atoms with Crippen molar-refractivity contribution >= 4 is 28.3 Å². The number of rotatable bonds is 8. The lowest BCUT2D eigenvalue weighted by molar-refractivity contribution is 0.0606. The maximum atomic E-state index is 11.7. The predicted molar refractivity (Wildman–Crippen MR) is 73.8 cm³/mol. The van der Waals surface area contributed by atoms with E-state index in [9.17, 15) is 4.79 Å². The minimum absolute atomic E-state index is 0.329. The summed E-state index contributed by atoms with van der Waals surface area (Å²) in [4.78, 5) is 18.2. The lowest BCUT2D eigenvalue weighted by Gasteiger charge is -2.22. The number of anilines is 2. The fourth-order valence-corrected chi connectivity index (χ4v) is 2.27. The lowest BCUT2D eigenvalue weighted by atomic mass is 10.4. The van der Waals surface area contributed by atoms with Gasteiger partial charge in [-0.2, -0.15) is 0 Å². The minimum atomic E-state index is -0.441. The van der Waals surface area contributed by atoms with Crippen molar-refractivity contribution in [3.8, 4) is 0 Å². The van der Waals surface area contributed by atoms with Gasteiger partial charge in [-0.05, 0) is 0 Å². The summed E-state index contributed by atoms with van der Waals surface area (Å²) in [5.41, 5.74) is 5.68. The standard InChI is InChI=1S/C11H19N3O4S/c1-16-6-4-14(5-7-17-2)9-8(10(15)18-3)19-11(12)13-9/h4-7H2,1-3H3,(H2,12,13). The summed E-state index contributed by atoms with van der Waals surface area (Å²) in [5, 5.41) is 0.329. The van der Waals surface area contributed by atoms with Crippen LogP contribution >= 0.6 is 11.3 Å². The van der Waals surface area contributed by atoms with E-state index in [1.807, 2.05) is 4.90 Å². The highest BCUT2D eigenvalue weighted by Crippen LogP contribution is 2.28. The highest BCUT2D eigenvalue weighted by molar-refractivity contribution is 7.17. The smallest absolute Gasteiger partial charge is 0.352 e. The van der Waals surface area contributed by atoms with Gasteiger partial charge in [0.25, 0.3) is 0 Å². The van der Waals surface area contributed by atoms with E-state index in [0.717, 1.165) is 11.3 Å². The summed E-state index contributed by atoms with van der Waals surface area (Å²) in [5.74, 6) is 0.0764. The van der Waals surface area contributed by atoms with Crippen LogP contribution in [0.15, 0.2) is 0 Å². The average molecular weight is 289 g/mol. The number of thiazole rings is 1. The predicted octanol–water partition coefficient (Wildman–Crippen LogP) is 0.611. The van der Waals surface area contributed by atoms with Gasteiger partial charge in [0, 0.05) is 27.3 Å². The highest BCUT2D eigenvalue weighted by Gasteiger charge is 2.22. The van der Waals surface area contributed by atoms with Gasteiger partial charge < -0.3 is 24.8 Å². The molecule has 0 aliphatic heterocycles. The Bertz CT molecular complexity index is 403. The van der Waals surface area contributed by atoms with E-state index in [1.54, 1.807) is 14.2 Å². The van der Waals surface area contributed by atoms with Gasteiger partial charge in [0.2, 0.25) is 0 Å². The van der Waals surface area contributed by atoms with Gasteiger partial charge in [0.15, 0.2) is 15.8 Å². The number of nitrogens with two attached hydrogens (primary N) is 1. The summed E-state index contributed by atoms with van der Waals surface area (Å²) < 4.78 is 14.8. The third-order valence-corrected chi connectivity index (χ3v) is 3.28. The summed E-state index contributed by atoms with van der Waals surface area (Å²) in [6, 6.07) is 0. The molecule has 0 bridgehead atoms. The molecule has 8 heteroatoms. The van der Waals surface area contributed by atoms with Crippen molar-refractivity contribution in [2.24, 2.45) is 0 Å². The van der Waals surface area contributed by atoms with Gasteiger partial charge in [-0.25, -0.2) is 9.78 Å². The van der Waals surface area contributed by atoms with Gasteiger partial charge in [-0.1, -0.05) is 11.3 Å². The van der Waals surface area contributed by atoms with Crippen molar-refractivity contribution in [2.45, 2.75) is 0 Å². The van der Waals surface area contributed by atoms with Crippen LogP contribution in [0.3, 0.4) is 0 Å². The summed E-state index contributed by atoms with van der Waals surface area (Å²) in [6.07, 6.45) is 0. The maximum absolute atomic E-state index is 11.7. The lowest BCUT2D eigenvalue weighted by Crippen LogP contribution is -2.32. The van der Waals surface area contributed by atoms with Crippen LogP contribution in [0.25, 0.3) is 0 Å². The van der Waals surface area contributed by atoms with E-state index in [-0.39, 0.29) is 0 Å². The van der Waals surface area contributed by atoms with Crippen molar-refractivity contribution in [2.75, 3.05) is 58.3 Å². The Kier molecular flexibility index (Phi) is 6.54. The molecule has 0 spiro atoms. The second-order valence-electron chi connectivity index (χ2n) is 3.67. The SMILES string of the molecule is COCCN(CCOC)c1nc(N)sc1C(=O)OC. The van der Waals surface area contributed by atoms with E-state index in [0.29, 0.717) is 42.1 Å². The van der Waals surface area contributed by atoms with Crippen LogP contribution in [-0.4, -0.2) is 58.6 Å². The molecular weight excluding hydrogens is 270 g/mol. The zero-order valence-electron chi connectivity index (χ0n) is 11.3. The van der Waals surface area contributed by atoms with Crippen molar-refractivity contribution in [1.29, 1.82) is 0 Å². The molecule has 0 saturated heterocycles. The molecule has 0 aliphatic rings. The molecule has 0 saturated carbocycles. The van der Waals surface area contributed by atoms with Gasteiger partial charge in [0.05, 0.1) is 20.3 Å². The van der Waals surface area contributed by atoms with Crippen LogP contribution in [0.1, 0.15) is 9.67 Å². The van der Waals surface area contributed by atoms with E-state index in [2.05, 4.69) is 4.98 Å². The van der Waals surface area contributed by atoms with Crippen molar-refractivity contribution < 1.29 is 19.0 Å². The number of ether oxygens (including phenoxy) is 3. The maximum Gasteiger partial charge on any atom is 0.352 e. The molecular formula is C11H19N3O4S. The number of carbonyl (C=O) groups is 1. The number of hydrogen-bond donors (Lipinski definition) is 1. The van der Waals surface area contributed by atoms with E-state index in [1.165, 1.54) is 7.11 Å². The van der Waals surface area contributed by atoms with Gasteiger partial charge >= 0.3 is 5.97 Å². The number of hydrogen-bond acceptors (Lipinski definition) is 8. The second-order valence-corrected chi connectivity index (χ2v) is 4.70. The number of nitrogens with zero attached hydrogens (tertiary/aromatic N) is 2. The molecule has 0 amide bonds. The molecule has 7 nitrogen and oxygen atoms in total. The number of methoxy groups -OCH3 is 3. The molecule has 1 aromatic heterocycles. The van der Waals surface area contributed by atoms with Crippen LogP contribution < -0.4 is 10.6 Å². The first-order chi connectivity index (χ1) is 9.13. The molecule has 1 heterocycles. The molecule has 108 valence electrons. The summed E-state index contributed by atoms with van der Waals surface area (Å²) in [7, 11) is 4.56. The Labute approximate surface area is 116 Å². The topological polar surface area (TPSA) is 86.9 Å². The molecule has 0 aromatic carbocycles.